The van der Waals surface area contributed by atoms with Crippen molar-refractivity contribution in [3.8, 4) is 0 Å². The molecule has 0 spiro atoms. The Bertz CT molecular complexity index is 1430. The maximum atomic E-state index is 14.2. The summed E-state index contributed by atoms with van der Waals surface area (Å²) < 4.78 is 43.1. The summed E-state index contributed by atoms with van der Waals surface area (Å²) in [6.07, 6.45) is 8.18. The number of carbonyl (C=O) groups excluding carboxylic acids is 4. The van der Waals surface area contributed by atoms with Gasteiger partial charge in [-0.2, -0.15) is 8.42 Å². The lowest BCUT2D eigenvalue weighted by Crippen LogP contribution is -2.56. The fraction of sp³-hybridized carbons (Fsp3) is 0.576. The molecule has 0 aromatic heterocycles. The molecule has 1 aromatic rings. The first-order valence-corrected chi connectivity index (χ1v) is 18.2. The highest BCUT2D eigenvalue weighted by molar-refractivity contribution is 9.10. The van der Waals surface area contributed by atoms with E-state index in [2.05, 4.69) is 39.7 Å². The van der Waals surface area contributed by atoms with Gasteiger partial charge in [-0.15, -0.1) is 13.2 Å². The van der Waals surface area contributed by atoms with Gasteiger partial charge >= 0.3 is 12.1 Å². The number of benzene rings is 1. The average Bonchev–Trinajstić information content (AvgIpc) is 3.31. The lowest BCUT2D eigenvalue weighted by molar-refractivity contribution is -0.148. The molecule has 3 amide bonds. The third kappa shape index (κ3) is 9.23. The number of nitrogens with zero attached hydrogens (tertiary/aromatic N) is 1. The molecule has 2 saturated carbocycles. The number of rotatable bonds is 16. The number of hydrogen-bond donors (Lipinski definition) is 2. The molecule has 2 aliphatic carbocycles. The fourth-order valence-electron chi connectivity index (χ4n) is 6.29. The van der Waals surface area contributed by atoms with Crippen LogP contribution in [0.2, 0.25) is 0 Å². The van der Waals surface area contributed by atoms with E-state index < -0.39 is 57.7 Å². The van der Waals surface area contributed by atoms with Gasteiger partial charge < -0.3 is 25.0 Å². The minimum atomic E-state index is -4.26. The second-order valence-corrected chi connectivity index (χ2v) is 14.8. The number of alkyl carbamates (subject to hydrolysis) is 1. The van der Waals surface area contributed by atoms with Gasteiger partial charge in [0.1, 0.15) is 23.7 Å². The number of likely N-dealkylation sites (tertiary alicyclic amines) is 1. The van der Waals surface area contributed by atoms with Gasteiger partial charge in [0, 0.05) is 23.4 Å². The summed E-state index contributed by atoms with van der Waals surface area (Å²) in [6.45, 7) is 7.23. The quantitative estimate of drug-likeness (QED) is 0.108. The molecule has 3 aliphatic rings. The Morgan fingerprint density at radius 1 is 1.09 bits per heavy atom. The van der Waals surface area contributed by atoms with Crippen molar-refractivity contribution in [3.05, 3.63) is 54.0 Å². The van der Waals surface area contributed by atoms with Crippen LogP contribution >= 0.6 is 15.9 Å². The van der Waals surface area contributed by atoms with Crippen molar-refractivity contribution >= 4 is 49.9 Å². The summed E-state index contributed by atoms with van der Waals surface area (Å²) >= 11 is 3.28. The molecule has 47 heavy (non-hydrogen) atoms. The fourth-order valence-corrected chi connectivity index (χ4v) is 7.63. The van der Waals surface area contributed by atoms with Crippen molar-refractivity contribution < 1.29 is 41.3 Å². The first-order chi connectivity index (χ1) is 22.4. The maximum Gasteiger partial charge on any atom is 0.408 e. The van der Waals surface area contributed by atoms with Crippen LogP contribution in [0.3, 0.4) is 0 Å². The number of allylic oxidation sites excluding steroid dienone is 1. The van der Waals surface area contributed by atoms with Gasteiger partial charge in [-0.3, -0.25) is 13.8 Å². The lowest BCUT2D eigenvalue weighted by Gasteiger charge is -2.29. The van der Waals surface area contributed by atoms with Crippen LogP contribution in [-0.4, -0.2) is 80.7 Å². The van der Waals surface area contributed by atoms with E-state index in [1.807, 2.05) is 6.08 Å². The van der Waals surface area contributed by atoms with Crippen molar-refractivity contribution in [1.82, 2.24) is 15.5 Å². The molecule has 3 fully saturated rings. The lowest BCUT2D eigenvalue weighted by atomic mass is 10.0. The summed E-state index contributed by atoms with van der Waals surface area (Å²) in [7, 11) is -3.05. The largest absolute Gasteiger partial charge is 0.467 e. The standard InChI is InChI=1S/C33H44BrN3O9S/c1-4-6-7-8-9-14-27(35-32(41)45-24-12-10-11-13-24)30(39)37-21-25(46-47(42,43)26-17-15-23(34)16-18-26)19-28(37)29(38)36-33(31(40)44-3)20-22(33)5-2/h4-5,15-18,22,24-25,27-28H,1-2,6-14,19-21H2,3H3,(H,35,41)(H,36,38)/t22-,25+,27+,28+,33-/m1/s1. The van der Waals surface area contributed by atoms with Crippen molar-refractivity contribution in [1.29, 1.82) is 0 Å². The van der Waals surface area contributed by atoms with Gasteiger partial charge in [0.15, 0.2) is 0 Å². The first kappa shape index (κ1) is 36.6. The van der Waals surface area contributed by atoms with Crippen LogP contribution in [0.4, 0.5) is 4.79 Å². The molecular weight excluding hydrogens is 694 g/mol. The summed E-state index contributed by atoms with van der Waals surface area (Å²) in [5.74, 6) is -2.26. The van der Waals surface area contributed by atoms with Crippen LogP contribution in [-0.2, 0) is 38.2 Å². The van der Waals surface area contributed by atoms with Gasteiger partial charge in [-0.05, 0) is 75.6 Å². The highest BCUT2D eigenvalue weighted by atomic mass is 79.9. The number of amides is 3. The zero-order valence-corrected chi connectivity index (χ0v) is 29.1. The predicted octanol–water partition coefficient (Wildman–Crippen LogP) is 4.53. The summed E-state index contributed by atoms with van der Waals surface area (Å²) in [5, 5.41) is 5.47. The Morgan fingerprint density at radius 2 is 1.79 bits per heavy atom. The first-order valence-electron chi connectivity index (χ1n) is 16.0. The minimum absolute atomic E-state index is 0.0864. The highest BCUT2D eigenvalue weighted by Crippen LogP contribution is 2.45. The van der Waals surface area contributed by atoms with Crippen LogP contribution in [0.5, 0.6) is 0 Å². The van der Waals surface area contributed by atoms with E-state index in [1.165, 1.54) is 24.1 Å². The molecule has 0 radical (unpaired) electrons. The zero-order valence-electron chi connectivity index (χ0n) is 26.7. The van der Waals surface area contributed by atoms with E-state index >= 15 is 0 Å². The summed E-state index contributed by atoms with van der Waals surface area (Å²) in [4.78, 5) is 54.8. The average molecular weight is 739 g/mol. The SMILES string of the molecule is C=CCCCCC[C@H](NC(=O)OC1CCCC1)C(=O)N1C[C@@H](OS(=O)(=O)c2ccc(Br)cc2)C[C@H]1C(=O)N[C@]1(C(=O)OC)C[C@H]1C=C. The van der Waals surface area contributed by atoms with E-state index in [0.717, 1.165) is 44.9 Å². The van der Waals surface area contributed by atoms with Crippen LogP contribution in [0.15, 0.2) is 58.9 Å². The van der Waals surface area contributed by atoms with Crippen LogP contribution in [0.1, 0.15) is 70.6 Å². The van der Waals surface area contributed by atoms with Crippen molar-refractivity contribution in [2.45, 2.75) is 105 Å². The molecule has 0 unspecified atom stereocenters. The highest BCUT2D eigenvalue weighted by Gasteiger charge is 2.62. The number of hydrogen-bond acceptors (Lipinski definition) is 9. The number of methoxy groups -OCH3 is 1. The third-order valence-corrected chi connectivity index (χ3v) is 10.9. The molecule has 1 saturated heterocycles. The Labute approximate surface area is 284 Å². The van der Waals surface area contributed by atoms with Crippen molar-refractivity contribution in [3.63, 3.8) is 0 Å². The number of esters is 1. The van der Waals surface area contributed by atoms with E-state index in [-0.39, 0.29) is 42.7 Å². The van der Waals surface area contributed by atoms with Crippen molar-refractivity contribution in [2.75, 3.05) is 13.7 Å². The smallest absolute Gasteiger partial charge is 0.408 e. The molecule has 14 heteroatoms. The Hall–Kier alpha value is -3.23. The van der Waals surface area contributed by atoms with Crippen LogP contribution in [0, 0.1) is 5.92 Å². The maximum absolute atomic E-state index is 14.2. The monoisotopic (exact) mass is 737 g/mol. The second-order valence-electron chi connectivity index (χ2n) is 12.3. The van der Waals surface area contributed by atoms with E-state index in [0.29, 0.717) is 10.9 Å². The molecule has 12 nitrogen and oxygen atoms in total. The van der Waals surface area contributed by atoms with Gasteiger partial charge in [-0.1, -0.05) is 40.9 Å². The Morgan fingerprint density at radius 3 is 2.40 bits per heavy atom. The molecule has 5 atom stereocenters. The topological polar surface area (TPSA) is 157 Å². The second kappa shape index (κ2) is 16.2. The Kier molecular flexibility index (Phi) is 12.7. The summed E-state index contributed by atoms with van der Waals surface area (Å²) in [5.41, 5.74) is -1.33. The zero-order chi connectivity index (χ0) is 34.2. The van der Waals surface area contributed by atoms with Crippen LogP contribution in [0.25, 0.3) is 0 Å². The third-order valence-electron chi connectivity index (χ3n) is 8.98. The predicted molar refractivity (Wildman–Crippen MR) is 176 cm³/mol. The van der Waals surface area contributed by atoms with Gasteiger partial charge in [0.05, 0.1) is 18.1 Å². The molecule has 2 N–H and O–H groups in total. The van der Waals surface area contributed by atoms with Crippen molar-refractivity contribution in [2.24, 2.45) is 5.92 Å². The van der Waals surface area contributed by atoms with Gasteiger partial charge in [0.2, 0.25) is 11.8 Å². The van der Waals surface area contributed by atoms with E-state index in [9.17, 15) is 27.6 Å². The van der Waals surface area contributed by atoms with Gasteiger partial charge in [-0.25, -0.2) is 9.59 Å². The number of halogens is 1. The van der Waals surface area contributed by atoms with E-state index in [1.54, 1.807) is 18.2 Å². The molecule has 0 bridgehead atoms. The molecule has 1 aliphatic heterocycles. The number of carbonyl (C=O) groups is 4. The Balaban J connectivity index is 1.57. The summed E-state index contributed by atoms with van der Waals surface area (Å²) in [6, 6.07) is 3.64. The van der Waals surface area contributed by atoms with E-state index in [4.69, 9.17) is 13.7 Å². The molecule has 1 aromatic carbocycles. The molecular formula is C33H44BrN3O9S. The molecule has 4 rings (SSSR count). The number of ether oxygens (including phenoxy) is 2. The number of unbranched alkanes of at least 4 members (excludes halogenated alkanes) is 3. The molecule has 258 valence electrons. The van der Waals surface area contributed by atoms with Crippen LogP contribution < -0.4 is 10.6 Å². The molecule has 1 heterocycles. The minimum Gasteiger partial charge on any atom is -0.467 e. The number of nitrogens with one attached hydrogen (secondary N) is 2. The van der Waals surface area contributed by atoms with Gasteiger partial charge in [0.25, 0.3) is 10.1 Å². The normalized spacial score (nSPS) is 24.6.